The second-order valence-corrected chi connectivity index (χ2v) is 8.30. The fraction of sp³-hybridized carbons (Fsp3) is 0.435. The average molecular weight is 467 g/mol. The summed E-state index contributed by atoms with van der Waals surface area (Å²) in [6.07, 6.45) is -0.463. The van der Waals surface area contributed by atoms with Crippen LogP contribution in [0.4, 0.5) is 0 Å². The van der Waals surface area contributed by atoms with Gasteiger partial charge in [0.05, 0.1) is 25.5 Å². The summed E-state index contributed by atoms with van der Waals surface area (Å²) in [5, 5.41) is 16.2. The molecule has 2 aliphatic rings. The molecule has 0 spiro atoms. The number of aliphatic hydroxyl groups excluding tert-OH is 1. The van der Waals surface area contributed by atoms with E-state index in [-0.39, 0.29) is 36.5 Å². The third-order valence-electron chi connectivity index (χ3n) is 5.68. The number of aryl methyl sites for hydroxylation is 2. The van der Waals surface area contributed by atoms with Gasteiger partial charge in [-0.1, -0.05) is 11.2 Å². The molecule has 2 aromatic heterocycles. The van der Waals surface area contributed by atoms with Crippen molar-refractivity contribution in [1.82, 2.24) is 20.3 Å². The van der Waals surface area contributed by atoms with Gasteiger partial charge in [-0.05, 0) is 30.7 Å². The number of oxazole rings is 1. The van der Waals surface area contributed by atoms with Crippen molar-refractivity contribution in [2.45, 2.75) is 45.1 Å². The summed E-state index contributed by atoms with van der Waals surface area (Å²) in [6.45, 7) is 4.37. The first-order valence-electron chi connectivity index (χ1n) is 11.1. The molecule has 1 aromatic carbocycles. The SMILES string of the molecule is Cc1nc(C(=O)NCc2ccc3oc(C)nc3c2)cc(C2=NO[C@H]([C@H]3COC(CO)CO3)C2)n1. The van der Waals surface area contributed by atoms with Crippen LogP contribution in [0.3, 0.4) is 0 Å². The molecule has 1 amide bonds. The second-order valence-electron chi connectivity index (χ2n) is 8.30. The molecule has 4 heterocycles. The molecule has 11 heteroatoms. The Morgan fingerprint density at radius 3 is 2.79 bits per heavy atom. The molecule has 0 bridgehead atoms. The molecule has 2 aliphatic heterocycles. The number of aromatic nitrogens is 3. The van der Waals surface area contributed by atoms with Gasteiger partial charge in [-0.3, -0.25) is 4.79 Å². The van der Waals surface area contributed by atoms with Crippen LogP contribution < -0.4 is 5.32 Å². The second kappa shape index (κ2) is 9.45. The number of carbonyl (C=O) groups is 1. The van der Waals surface area contributed by atoms with Gasteiger partial charge in [-0.2, -0.15) is 0 Å². The van der Waals surface area contributed by atoms with Gasteiger partial charge in [0.2, 0.25) is 0 Å². The molecule has 3 aromatic rings. The van der Waals surface area contributed by atoms with E-state index in [1.807, 2.05) is 18.2 Å². The minimum absolute atomic E-state index is 0.0838. The van der Waals surface area contributed by atoms with Crippen LogP contribution in [0.25, 0.3) is 11.1 Å². The normalized spacial score (nSPS) is 22.4. The van der Waals surface area contributed by atoms with Crippen LogP contribution in [-0.2, 0) is 20.9 Å². The molecule has 5 rings (SSSR count). The maximum atomic E-state index is 12.8. The predicted molar refractivity (Wildman–Crippen MR) is 119 cm³/mol. The number of nitrogens with one attached hydrogen (secondary N) is 1. The van der Waals surface area contributed by atoms with Gasteiger partial charge in [0.1, 0.15) is 35.0 Å². The lowest BCUT2D eigenvalue weighted by atomic mass is 10.0. The lowest BCUT2D eigenvalue weighted by molar-refractivity contribution is -0.178. The van der Waals surface area contributed by atoms with Gasteiger partial charge >= 0.3 is 0 Å². The highest BCUT2D eigenvalue weighted by atomic mass is 16.7. The van der Waals surface area contributed by atoms with Crippen molar-refractivity contribution in [3.05, 3.63) is 52.9 Å². The fourth-order valence-electron chi connectivity index (χ4n) is 3.93. The number of benzene rings is 1. The summed E-state index contributed by atoms with van der Waals surface area (Å²) in [7, 11) is 0. The van der Waals surface area contributed by atoms with Gasteiger partial charge in [0.15, 0.2) is 17.6 Å². The molecule has 1 fully saturated rings. The van der Waals surface area contributed by atoms with Gasteiger partial charge in [0.25, 0.3) is 5.91 Å². The zero-order chi connectivity index (χ0) is 23.7. The Labute approximate surface area is 195 Å². The number of hydrogen-bond acceptors (Lipinski definition) is 10. The van der Waals surface area contributed by atoms with E-state index in [4.69, 9.17) is 23.8 Å². The highest BCUT2D eigenvalue weighted by Gasteiger charge is 2.35. The lowest BCUT2D eigenvalue weighted by Gasteiger charge is -2.30. The Bertz CT molecular complexity index is 1230. The van der Waals surface area contributed by atoms with Crippen LogP contribution >= 0.6 is 0 Å². The maximum absolute atomic E-state index is 12.8. The highest BCUT2D eigenvalue weighted by Crippen LogP contribution is 2.23. The Hall–Kier alpha value is -3.41. The lowest BCUT2D eigenvalue weighted by Crippen LogP contribution is -2.43. The van der Waals surface area contributed by atoms with E-state index in [0.29, 0.717) is 54.9 Å². The van der Waals surface area contributed by atoms with Gasteiger partial charge < -0.3 is 29.2 Å². The largest absolute Gasteiger partial charge is 0.441 e. The van der Waals surface area contributed by atoms with Crippen LogP contribution in [0, 0.1) is 13.8 Å². The first kappa shape index (κ1) is 22.4. The van der Waals surface area contributed by atoms with E-state index >= 15 is 0 Å². The number of aliphatic hydroxyl groups is 1. The Morgan fingerprint density at radius 1 is 1.12 bits per heavy atom. The van der Waals surface area contributed by atoms with Crippen molar-refractivity contribution in [3.8, 4) is 0 Å². The number of amides is 1. The fourth-order valence-corrected chi connectivity index (χ4v) is 3.93. The molecule has 11 nitrogen and oxygen atoms in total. The first-order chi connectivity index (χ1) is 16.5. The number of nitrogens with zero attached hydrogens (tertiary/aromatic N) is 4. The summed E-state index contributed by atoms with van der Waals surface area (Å²) in [5.74, 6) is 0.729. The van der Waals surface area contributed by atoms with Crippen LogP contribution in [0.2, 0.25) is 0 Å². The van der Waals surface area contributed by atoms with Gasteiger partial charge in [-0.15, -0.1) is 0 Å². The topological polar surface area (TPSA) is 141 Å². The number of oxime groups is 1. The van der Waals surface area contributed by atoms with E-state index in [1.54, 1.807) is 19.9 Å². The summed E-state index contributed by atoms with van der Waals surface area (Å²) in [4.78, 5) is 31.4. The van der Waals surface area contributed by atoms with Gasteiger partial charge in [0, 0.05) is 19.9 Å². The zero-order valence-electron chi connectivity index (χ0n) is 18.9. The summed E-state index contributed by atoms with van der Waals surface area (Å²) >= 11 is 0. The maximum Gasteiger partial charge on any atom is 0.270 e. The van der Waals surface area contributed by atoms with Crippen molar-refractivity contribution in [3.63, 3.8) is 0 Å². The van der Waals surface area contributed by atoms with Crippen LogP contribution in [0.5, 0.6) is 0 Å². The van der Waals surface area contributed by atoms with E-state index in [1.165, 1.54) is 0 Å². The summed E-state index contributed by atoms with van der Waals surface area (Å²) in [6, 6.07) is 7.21. The molecule has 34 heavy (non-hydrogen) atoms. The minimum atomic E-state index is -0.322. The average Bonchev–Trinajstić information content (AvgIpc) is 3.48. The number of fused-ring (bicyclic) bond motifs is 1. The molecular weight excluding hydrogens is 442 g/mol. The Balaban J connectivity index is 1.23. The molecule has 0 aliphatic carbocycles. The number of rotatable bonds is 6. The standard InChI is InChI=1S/C23H25N5O6/c1-12-25-16(17-7-21(34-28-17)22-11-31-15(9-29)10-32-22)6-19(26-12)23(30)24-8-14-3-4-20-18(5-14)27-13(2)33-20/h3-6,15,21-22,29H,7-11H2,1-2H3,(H,24,30)/t15?,21-,22+/m0/s1. The molecule has 178 valence electrons. The number of ether oxygens (including phenoxy) is 2. The van der Waals surface area contributed by atoms with E-state index in [0.717, 1.165) is 11.1 Å². The van der Waals surface area contributed by atoms with Crippen molar-refractivity contribution >= 4 is 22.7 Å². The quantitative estimate of drug-likeness (QED) is 0.551. The van der Waals surface area contributed by atoms with Crippen molar-refractivity contribution in [2.24, 2.45) is 5.16 Å². The van der Waals surface area contributed by atoms with Gasteiger partial charge in [-0.25, -0.2) is 15.0 Å². The monoisotopic (exact) mass is 467 g/mol. The van der Waals surface area contributed by atoms with Crippen LogP contribution in [0.15, 0.2) is 33.8 Å². The predicted octanol–water partition coefficient (Wildman–Crippen LogP) is 1.43. The molecular formula is C23H25N5O6. The third-order valence-corrected chi connectivity index (χ3v) is 5.68. The molecule has 0 saturated carbocycles. The summed E-state index contributed by atoms with van der Waals surface area (Å²) < 4.78 is 16.8. The Kier molecular flexibility index (Phi) is 6.22. The molecule has 2 N–H and O–H groups in total. The summed E-state index contributed by atoms with van der Waals surface area (Å²) in [5.41, 5.74) is 3.75. The number of carbonyl (C=O) groups excluding carboxylic acids is 1. The third kappa shape index (κ3) is 4.76. The van der Waals surface area contributed by atoms with Crippen molar-refractivity contribution in [2.75, 3.05) is 19.8 Å². The Morgan fingerprint density at radius 2 is 2.00 bits per heavy atom. The molecule has 0 radical (unpaired) electrons. The zero-order valence-corrected chi connectivity index (χ0v) is 18.9. The van der Waals surface area contributed by atoms with Crippen molar-refractivity contribution in [1.29, 1.82) is 0 Å². The smallest absolute Gasteiger partial charge is 0.270 e. The molecule has 1 unspecified atom stereocenters. The van der Waals surface area contributed by atoms with Crippen molar-refractivity contribution < 1.29 is 28.6 Å². The van der Waals surface area contributed by atoms with Crippen LogP contribution in [-0.4, -0.2) is 69.8 Å². The highest BCUT2D eigenvalue weighted by molar-refractivity contribution is 6.02. The first-order valence-corrected chi connectivity index (χ1v) is 11.1. The molecule has 1 saturated heterocycles. The molecule has 3 atom stereocenters. The van der Waals surface area contributed by atoms with E-state index < -0.39 is 0 Å². The number of hydrogen-bond donors (Lipinski definition) is 2. The minimum Gasteiger partial charge on any atom is -0.441 e. The van der Waals surface area contributed by atoms with E-state index in [9.17, 15) is 4.79 Å². The van der Waals surface area contributed by atoms with E-state index in [2.05, 4.69) is 25.4 Å². The van der Waals surface area contributed by atoms with Crippen LogP contribution in [0.1, 0.15) is 39.9 Å².